The van der Waals surface area contributed by atoms with Crippen molar-refractivity contribution in [3.8, 4) is 0 Å². The maximum Gasteiger partial charge on any atom is 0.243 e. The van der Waals surface area contributed by atoms with Crippen LogP contribution in [0.1, 0.15) is 31.4 Å². The van der Waals surface area contributed by atoms with E-state index in [1.54, 1.807) is 0 Å². The van der Waals surface area contributed by atoms with Crippen LogP contribution in [0.25, 0.3) is 0 Å². The van der Waals surface area contributed by atoms with Gasteiger partial charge in [0.25, 0.3) is 0 Å². The van der Waals surface area contributed by atoms with E-state index in [-0.39, 0.29) is 5.91 Å². The van der Waals surface area contributed by atoms with Crippen LogP contribution in [0.3, 0.4) is 0 Å². The van der Waals surface area contributed by atoms with Crippen LogP contribution in [-0.4, -0.2) is 12.5 Å². The molecule has 0 spiro atoms. The molecule has 1 amide bonds. The van der Waals surface area contributed by atoms with Crippen LogP contribution in [-0.2, 0) is 16.1 Å². The van der Waals surface area contributed by atoms with Gasteiger partial charge < -0.3 is 0 Å². The topological polar surface area (TPSA) is 38.3 Å². The molecule has 0 saturated heterocycles. The third-order valence-electron chi connectivity index (χ3n) is 2.49. The molecule has 3 heteroatoms. The second-order valence-corrected chi connectivity index (χ2v) is 4.66. The Morgan fingerprint density at radius 3 is 2.71 bits per heavy atom. The number of aryl methyl sites for hydroxylation is 2. The van der Waals surface area contributed by atoms with Gasteiger partial charge in [-0.1, -0.05) is 38.1 Å². The van der Waals surface area contributed by atoms with Crippen LogP contribution >= 0.6 is 0 Å². The minimum absolute atomic E-state index is 0.0612. The maximum atomic E-state index is 11.5. The van der Waals surface area contributed by atoms with Gasteiger partial charge in [0, 0.05) is 6.42 Å². The van der Waals surface area contributed by atoms with Crippen molar-refractivity contribution in [2.75, 3.05) is 6.61 Å². The first kappa shape index (κ1) is 13.7. The van der Waals surface area contributed by atoms with Gasteiger partial charge in [-0.05, 0) is 30.4 Å². The first-order valence-electron chi connectivity index (χ1n) is 6.04. The number of hydrogen-bond acceptors (Lipinski definition) is 2. The van der Waals surface area contributed by atoms with E-state index in [0.29, 0.717) is 18.9 Å². The Kier molecular flexibility index (Phi) is 5.70. The fourth-order valence-corrected chi connectivity index (χ4v) is 1.48. The number of carbonyl (C=O) groups is 1. The number of carbonyl (C=O) groups excluding carboxylic acids is 1. The van der Waals surface area contributed by atoms with Gasteiger partial charge in [0.05, 0.1) is 6.61 Å². The minimum Gasteiger partial charge on any atom is -0.273 e. The summed E-state index contributed by atoms with van der Waals surface area (Å²) in [6, 6.07) is 8.11. The van der Waals surface area contributed by atoms with Crippen molar-refractivity contribution in [2.24, 2.45) is 5.92 Å². The molecule has 0 bridgehead atoms. The summed E-state index contributed by atoms with van der Waals surface area (Å²) in [4.78, 5) is 16.5. The summed E-state index contributed by atoms with van der Waals surface area (Å²) in [5.74, 6) is 0.362. The molecule has 0 atom stereocenters. The quantitative estimate of drug-likeness (QED) is 0.770. The molecule has 0 aromatic heterocycles. The van der Waals surface area contributed by atoms with Crippen molar-refractivity contribution in [1.29, 1.82) is 0 Å². The summed E-state index contributed by atoms with van der Waals surface area (Å²) in [7, 11) is 0. The lowest BCUT2D eigenvalue weighted by Gasteiger charge is -2.08. The van der Waals surface area contributed by atoms with E-state index >= 15 is 0 Å². The predicted molar refractivity (Wildman–Crippen MR) is 68.4 cm³/mol. The van der Waals surface area contributed by atoms with Crippen molar-refractivity contribution in [3.05, 3.63) is 35.4 Å². The number of benzene rings is 1. The number of nitrogens with one attached hydrogen (secondary N) is 1. The SMILES string of the molecule is Cc1ccccc1CCC(=O)NOCC(C)C. The Morgan fingerprint density at radius 2 is 2.06 bits per heavy atom. The molecule has 1 aromatic carbocycles. The highest BCUT2D eigenvalue weighted by molar-refractivity contribution is 5.75. The van der Waals surface area contributed by atoms with Gasteiger partial charge in [0.1, 0.15) is 0 Å². The molecule has 1 aromatic rings. The third-order valence-corrected chi connectivity index (χ3v) is 2.49. The first-order chi connectivity index (χ1) is 8.09. The van der Waals surface area contributed by atoms with Crippen LogP contribution in [0.5, 0.6) is 0 Å². The Bertz CT molecular complexity index is 361. The van der Waals surface area contributed by atoms with Crippen LogP contribution < -0.4 is 5.48 Å². The summed E-state index contributed by atoms with van der Waals surface area (Å²) in [5, 5.41) is 0. The van der Waals surface area contributed by atoms with Gasteiger partial charge in [-0.3, -0.25) is 9.63 Å². The second-order valence-electron chi connectivity index (χ2n) is 4.66. The monoisotopic (exact) mass is 235 g/mol. The summed E-state index contributed by atoms with van der Waals surface area (Å²) in [6.45, 7) is 6.69. The Labute approximate surface area is 103 Å². The van der Waals surface area contributed by atoms with E-state index in [9.17, 15) is 4.79 Å². The van der Waals surface area contributed by atoms with Gasteiger partial charge in [0.2, 0.25) is 5.91 Å². The molecule has 0 radical (unpaired) electrons. The minimum atomic E-state index is -0.0612. The molecule has 3 nitrogen and oxygen atoms in total. The smallest absolute Gasteiger partial charge is 0.243 e. The Morgan fingerprint density at radius 1 is 1.35 bits per heavy atom. The summed E-state index contributed by atoms with van der Waals surface area (Å²) in [5.41, 5.74) is 4.90. The molecule has 94 valence electrons. The van der Waals surface area contributed by atoms with Crippen molar-refractivity contribution in [3.63, 3.8) is 0 Å². The van der Waals surface area contributed by atoms with Crippen LogP contribution in [0.15, 0.2) is 24.3 Å². The van der Waals surface area contributed by atoms with Crippen molar-refractivity contribution in [1.82, 2.24) is 5.48 Å². The molecule has 0 heterocycles. The van der Waals surface area contributed by atoms with Gasteiger partial charge in [-0.15, -0.1) is 0 Å². The lowest BCUT2D eigenvalue weighted by Crippen LogP contribution is -2.25. The fourth-order valence-electron chi connectivity index (χ4n) is 1.48. The normalized spacial score (nSPS) is 10.6. The molecular formula is C14H21NO2. The lowest BCUT2D eigenvalue weighted by atomic mass is 10.0. The van der Waals surface area contributed by atoms with E-state index in [4.69, 9.17) is 4.84 Å². The van der Waals surface area contributed by atoms with E-state index in [2.05, 4.69) is 24.5 Å². The molecule has 0 aliphatic heterocycles. The molecule has 0 fully saturated rings. The number of hydrogen-bond donors (Lipinski definition) is 1. The van der Waals surface area contributed by atoms with E-state index in [1.807, 2.05) is 26.0 Å². The van der Waals surface area contributed by atoms with Crippen molar-refractivity contribution >= 4 is 5.91 Å². The number of hydroxylamine groups is 1. The van der Waals surface area contributed by atoms with Crippen LogP contribution in [0.2, 0.25) is 0 Å². The van der Waals surface area contributed by atoms with Gasteiger partial charge in [-0.25, -0.2) is 5.48 Å². The highest BCUT2D eigenvalue weighted by Gasteiger charge is 2.04. The van der Waals surface area contributed by atoms with Gasteiger partial charge in [-0.2, -0.15) is 0 Å². The van der Waals surface area contributed by atoms with E-state index < -0.39 is 0 Å². The molecular weight excluding hydrogens is 214 g/mol. The first-order valence-corrected chi connectivity index (χ1v) is 6.04. The standard InChI is InChI=1S/C14H21NO2/c1-11(2)10-17-15-14(16)9-8-13-7-5-4-6-12(13)3/h4-7,11H,8-10H2,1-3H3,(H,15,16). The zero-order chi connectivity index (χ0) is 12.7. The Hall–Kier alpha value is -1.35. The highest BCUT2D eigenvalue weighted by Crippen LogP contribution is 2.09. The molecule has 0 aliphatic carbocycles. The Balaban J connectivity index is 2.26. The van der Waals surface area contributed by atoms with E-state index in [1.165, 1.54) is 11.1 Å². The molecule has 0 unspecified atom stereocenters. The van der Waals surface area contributed by atoms with Crippen LogP contribution in [0, 0.1) is 12.8 Å². The summed E-state index contributed by atoms with van der Waals surface area (Å²) >= 11 is 0. The van der Waals surface area contributed by atoms with Crippen molar-refractivity contribution in [2.45, 2.75) is 33.6 Å². The predicted octanol–water partition coefficient (Wildman–Crippen LogP) is 2.63. The van der Waals surface area contributed by atoms with Gasteiger partial charge >= 0.3 is 0 Å². The summed E-state index contributed by atoms with van der Waals surface area (Å²) < 4.78 is 0. The highest BCUT2D eigenvalue weighted by atomic mass is 16.6. The molecule has 1 rings (SSSR count). The largest absolute Gasteiger partial charge is 0.273 e. The fraction of sp³-hybridized carbons (Fsp3) is 0.500. The third kappa shape index (κ3) is 5.50. The number of amides is 1. The van der Waals surface area contributed by atoms with Crippen LogP contribution in [0.4, 0.5) is 0 Å². The summed E-state index contributed by atoms with van der Waals surface area (Å²) in [6.07, 6.45) is 1.21. The average molecular weight is 235 g/mol. The van der Waals surface area contributed by atoms with Crippen molar-refractivity contribution < 1.29 is 9.63 Å². The zero-order valence-electron chi connectivity index (χ0n) is 10.8. The zero-order valence-corrected chi connectivity index (χ0v) is 10.8. The molecule has 0 saturated carbocycles. The second kappa shape index (κ2) is 7.07. The molecule has 17 heavy (non-hydrogen) atoms. The molecule has 0 aliphatic rings. The van der Waals surface area contributed by atoms with E-state index in [0.717, 1.165) is 6.42 Å². The maximum absolute atomic E-state index is 11.5. The average Bonchev–Trinajstić information content (AvgIpc) is 2.27. The van der Waals surface area contributed by atoms with Gasteiger partial charge in [0.15, 0.2) is 0 Å². The lowest BCUT2D eigenvalue weighted by molar-refractivity contribution is -0.134. The number of rotatable bonds is 6. The molecule has 1 N–H and O–H groups in total.